The highest BCUT2D eigenvalue weighted by Crippen LogP contribution is 2.21. The molecule has 1 atom stereocenters. The lowest BCUT2D eigenvalue weighted by Gasteiger charge is -2.39. The van der Waals surface area contributed by atoms with Crippen molar-refractivity contribution >= 4 is 15.9 Å². The van der Waals surface area contributed by atoms with Gasteiger partial charge in [-0.3, -0.25) is 14.9 Å². The minimum atomic E-state index is -3.78. The van der Waals surface area contributed by atoms with E-state index in [1.807, 2.05) is 0 Å². The van der Waals surface area contributed by atoms with Gasteiger partial charge >= 0.3 is 0 Å². The molecule has 0 radical (unpaired) electrons. The lowest BCUT2D eigenvalue weighted by atomic mass is 10.2. The molecule has 1 unspecified atom stereocenters. The van der Waals surface area contributed by atoms with Crippen LogP contribution in [0.4, 0.5) is 0 Å². The van der Waals surface area contributed by atoms with Crippen LogP contribution >= 0.6 is 0 Å². The van der Waals surface area contributed by atoms with Crippen LogP contribution in [0.3, 0.4) is 0 Å². The van der Waals surface area contributed by atoms with Gasteiger partial charge in [0.1, 0.15) is 6.04 Å². The van der Waals surface area contributed by atoms with Crippen molar-refractivity contribution in [3.05, 3.63) is 30.3 Å². The van der Waals surface area contributed by atoms with Gasteiger partial charge in [0.05, 0.1) is 4.90 Å². The molecule has 8 heteroatoms. The van der Waals surface area contributed by atoms with E-state index in [9.17, 15) is 13.2 Å². The molecular formula is C15H23N3O4S. The van der Waals surface area contributed by atoms with E-state index in [1.54, 1.807) is 23.7 Å². The van der Waals surface area contributed by atoms with E-state index < -0.39 is 22.0 Å². The van der Waals surface area contributed by atoms with Crippen LogP contribution in [-0.2, 0) is 14.8 Å². The second-order valence-corrected chi connectivity index (χ2v) is 7.47. The van der Waals surface area contributed by atoms with E-state index in [2.05, 4.69) is 11.8 Å². The molecule has 0 saturated carbocycles. The third kappa shape index (κ3) is 4.08. The number of carbonyl (C=O) groups excluding carboxylic acids is 1. The van der Waals surface area contributed by atoms with Gasteiger partial charge < -0.3 is 0 Å². The van der Waals surface area contributed by atoms with E-state index in [0.717, 1.165) is 19.4 Å². The lowest BCUT2D eigenvalue weighted by molar-refractivity contribution is -0.135. The Morgan fingerprint density at radius 2 is 2.00 bits per heavy atom. The van der Waals surface area contributed by atoms with E-state index >= 15 is 0 Å². The fourth-order valence-corrected chi connectivity index (χ4v) is 4.30. The number of hydrogen-bond donors (Lipinski definition) is 2. The number of nitrogens with one attached hydrogen (secondary N) is 1. The fourth-order valence-electron chi connectivity index (χ4n) is 2.71. The number of piperazine rings is 1. The molecule has 1 aromatic carbocycles. The predicted molar refractivity (Wildman–Crippen MR) is 85.4 cm³/mol. The van der Waals surface area contributed by atoms with E-state index in [0.29, 0.717) is 6.54 Å². The highest BCUT2D eigenvalue weighted by atomic mass is 32.2. The third-order valence-corrected chi connectivity index (χ3v) is 5.93. The second-order valence-electron chi connectivity index (χ2n) is 5.57. The topological polar surface area (TPSA) is 90.0 Å². The molecule has 2 rings (SSSR count). The summed E-state index contributed by atoms with van der Waals surface area (Å²) in [4.78, 5) is 14.2. The number of nitrogens with zero attached hydrogens (tertiary/aromatic N) is 2. The first-order valence-electron chi connectivity index (χ1n) is 7.74. The summed E-state index contributed by atoms with van der Waals surface area (Å²) < 4.78 is 26.7. The van der Waals surface area contributed by atoms with Gasteiger partial charge in [-0.1, -0.05) is 31.5 Å². The van der Waals surface area contributed by atoms with Crippen LogP contribution in [0.5, 0.6) is 0 Å². The Hall–Kier alpha value is -1.48. The van der Waals surface area contributed by atoms with Gasteiger partial charge in [0, 0.05) is 19.6 Å². The number of hydroxylamine groups is 1. The van der Waals surface area contributed by atoms with Crippen molar-refractivity contribution in [3.63, 3.8) is 0 Å². The molecule has 1 aromatic rings. The zero-order valence-electron chi connectivity index (χ0n) is 13.2. The Balaban J connectivity index is 2.24. The summed E-state index contributed by atoms with van der Waals surface area (Å²) in [5, 5.41) is 8.96. The zero-order chi connectivity index (χ0) is 16.9. The first-order chi connectivity index (χ1) is 11.0. The Morgan fingerprint density at radius 3 is 2.61 bits per heavy atom. The monoisotopic (exact) mass is 341 g/mol. The molecule has 0 aromatic heterocycles. The maximum absolute atomic E-state index is 12.8. The maximum Gasteiger partial charge on any atom is 0.263 e. The normalized spacial score (nSPS) is 20.3. The summed E-state index contributed by atoms with van der Waals surface area (Å²) in [5.41, 5.74) is 1.59. The fraction of sp³-hybridized carbons (Fsp3) is 0.533. The highest BCUT2D eigenvalue weighted by Gasteiger charge is 2.39. The van der Waals surface area contributed by atoms with Gasteiger partial charge in [0.2, 0.25) is 10.0 Å². The van der Waals surface area contributed by atoms with Crippen LogP contribution in [0, 0.1) is 0 Å². The Kier molecular flexibility index (Phi) is 6.11. The number of sulfonamides is 1. The number of carbonyl (C=O) groups is 1. The Labute approximate surface area is 136 Å². The maximum atomic E-state index is 12.8. The van der Waals surface area contributed by atoms with Crippen molar-refractivity contribution in [2.24, 2.45) is 0 Å². The van der Waals surface area contributed by atoms with Crippen molar-refractivity contribution in [1.82, 2.24) is 14.7 Å². The average molecular weight is 341 g/mol. The first-order valence-corrected chi connectivity index (χ1v) is 9.18. The van der Waals surface area contributed by atoms with Gasteiger partial charge in [-0.2, -0.15) is 4.31 Å². The standard InChI is InChI=1S/C15H23N3O4S/c1-2-3-9-17-10-11-18(14(12-17)15(19)16-20)23(21,22)13-7-5-4-6-8-13/h4-8,14,20H,2-3,9-12H2,1H3,(H,16,19). The molecule has 1 fully saturated rings. The molecule has 0 bridgehead atoms. The number of unbranched alkanes of at least 4 members (excludes halogenated alkanes) is 1. The van der Waals surface area contributed by atoms with Gasteiger partial charge in [-0.05, 0) is 25.1 Å². The second kappa shape index (κ2) is 7.87. The van der Waals surface area contributed by atoms with E-state index in [4.69, 9.17) is 5.21 Å². The summed E-state index contributed by atoms with van der Waals surface area (Å²) in [6, 6.07) is 7.10. The average Bonchev–Trinajstić information content (AvgIpc) is 2.59. The van der Waals surface area contributed by atoms with Crippen molar-refractivity contribution < 1.29 is 18.4 Å². The molecule has 7 nitrogen and oxygen atoms in total. The highest BCUT2D eigenvalue weighted by molar-refractivity contribution is 7.89. The minimum Gasteiger partial charge on any atom is -0.300 e. The lowest BCUT2D eigenvalue weighted by Crippen LogP contribution is -2.60. The summed E-state index contributed by atoms with van der Waals surface area (Å²) in [6.45, 7) is 3.96. The molecule has 1 aliphatic heterocycles. The SMILES string of the molecule is CCCCN1CCN(S(=O)(=O)c2ccccc2)C(C(=O)NO)C1. The molecule has 1 amide bonds. The predicted octanol–water partition coefficient (Wildman–Crippen LogP) is 0.667. The molecular weight excluding hydrogens is 318 g/mol. The Bertz CT molecular complexity index is 621. The molecule has 2 N–H and O–H groups in total. The zero-order valence-corrected chi connectivity index (χ0v) is 14.0. The molecule has 128 valence electrons. The first kappa shape index (κ1) is 17.9. The van der Waals surface area contributed by atoms with Crippen LogP contribution in [0.15, 0.2) is 35.2 Å². The molecule has 0 spiro atoms. The molecule has 1 saturated heterocycles. The van der Waals surface area contributed by atoms with Crippen LogP contribution in [0.2, 0.25) is 0 Å². The van der Waals surface area contributed by atoms with Crippen LogP contribution in [0.1, 0.15) is 19.8 Å². The summed E-state index contributed by atoms with van der Waals surface area (Å²) in [6.07, 6.45) is 2.01. The molecule has 1 aliphatic rings. The van der Waals surface area contributed by atoms with Gasteiger partial charge in [-0.15, -0.1) is 0 Å². The third-order valence-electron chi connectivity index (χ3n) is 4.01. The van der Waals surface area contributed by atoms with Crippen LogP contribution in [0.25, 0.3) is 0 Å². The quantitative estimate of drug-likeness (QED) is 0.586. The summed E-state index contributed by atoms with van der Waals surface area (Å²) >= 11 is 0. The van der Waals surface area contributed by atoms with Crippen LogP contribution in [-0.4, -0.2) is 61.0 Å². The molecule has 23 heavy (non-hydrogen) atoms. The summed E-state index contributed by atoms with van der Waals surface area (Å²) in [7, 11) is -3.78. The van der Waals surface area contributed by atoms with Crippen molar-refractivity contribution in [3.8, 4) is 0 Å². The summed E-state index contributed by atoms with van der Waals surface area (Å²) in [5.74, 6) is -0.703. The van der Waals surface area contributed by atoms with Crippen LogP contribution < -0.4 is 5.48 Å². The van der Waals surface area contributed by atoms with E-state index in [-0.39, 0.29) is 18.0 Å². The van der Waals surface area contributed by atoms with Crippen molar-refractivity contribution in [2.75, 3.05) is 26.2 Å². The smallest absolute Gasteiger partial charge is 0.263 e. The van der Waals surface area contributed by atoms with Gasteiger partial charge in [0.25, 0.3) is 5.91 Å². The number of hydrogen-bond acceptors (Lipinski definition) is 5. The van der Waals surface area contributed by atoms with Crippen molar-refractivity contribution in [1.29, 1.82) is 0 Å². The van der Waals surface area contributed by atoms with Gasteiger partial charge in [0.15, 0.2) is 0 Å². The molecule has 0 aliphatic carbocycles. The number of amides is 1. The van der Waals surface area contributed by atoms with E-state index in [1.165, 1.54) is 16.4 Å². The molecule has 1 heterocycles. The number of benzene rings is 1. The minimum absolute atomic E-state index is 0.151. The van der Waals surface area contributed by atoms with Crippen molar-refractivity contribution in [2.45, 2.75) is 30.7 Å². The van der Waals surface area contributed by atoms with Gasteiger partial charge in [-0.25, -0.2) is 13.9 Å². The Morgan fingerprint density at radius 1 is 1.30 bits per heavy atom. The largest absolute Gasteiger partial charge is 0.300 e. The number of rotatable bonds is 6.